The number of piperidine rings is 1. The lowest BCUT2D eigenvalue weighted by atomic mass is 10.0. The molecule has 3 aromatic rings. The number of hydrogen-bond donors (Lipinski definition) is 1. The number of benzene rings is 2. The molecule has 1 aliphatic rings. The Morgan fingerprint density at radius 1 is 1.16 bits per heavy atom. The maximum Gasteiger partial charge on any atom is 0.272 e. The summed E-state index contributed by atoms with van der Waals surface area (Å²) >= 11 is 0. The van der Waals surface area contributed by atoms with Crippen LogP contribution in [0.2, 0.25) is 0 Å². The average Bonchev–Trinajstić information content (AvgIpc) is 2.81. The Morgan fingerprint density at radius 2 is 1.97 bits per heavy atom. The van der Waals surface area contributed by atoms with Gasteiger partial charge < -0.3 is 14.8 Å². The van der Waals surface area contributed by atoms with E-state index in [1.54, 1.807) is 23.6 Å². The summed E-state index contributed by atoms with van der Waals surface area (Å²) in [5, 5.41) is 3.04. The number of aryl methyl sites for hydroxylation is 1. The number of fused-ring (bicyclic) bond motifs is 1. The molecular weight excluding hydrogens is 400 g/mol. The molecule has 1 fully saturated rings. The van der Waals surface area contributed by atoms with Gasteiger partial charge in [-0.15, -0.1) is 0 Å². The predicted octanol–water partition coefficient (Wildman–Crippen LogP) is 3.75. The molecule has 6 heteroatoms. The van der Waals surface area contributed by atoms with Crippen molar-refractivity contribution in [3.8, 4) is 0 Å². The van der Waals surface area contributed by atoms with Crippen LogP contribution in [-0.2, 0) is 6.54 Å². The standard InChI is InChI=1S/C26H32N4O2/c1-19-9-6-7-15-29(19)16-8-14-27-25(31)22-12-13-24-23(17-22)28-20(2)26(32)30(24)18-21-10-4-3-5-11-21/h3-5,10-13,17,19H,6-9,14-16,18H2,1-2H3,(H,27,31)/t19-/m0/s1. The zero-order valence-electron chi connectivity index (χ0n) is 19.0. The van der Waals surface area contributed by atoms with Gasteiger partial charge in [0.1, 0.15) is 5.69 Å². The average molecular weight is 433 g/mol. The van der Waals surface area contributed by atoms with Crippen molar-refractivity contribution in [3.05, 3.63) is 75.7 Å². The van der Waals surface area contributed by atoms with Crippen molar-refractivity contribution < 1.29 is 4.79 Å². The maximum atomic E-state index is 12.8. The highest BCUT2D eigenvalue weighted by Gasteiger charge is 2.17. The quantitative estimate of drug-likeness (QED) is 0.578. The molecule has 0 spiro atoms. The van der Waals surface area contributed by atoms with Gasteiger partial charge in [0.15, 0.2) is 0 Å². The lowest BCUT2D eigenvalue weighted by Gasteiger charge is -2.33. The number of nitrogens with zero attached hydrogens (tertiary/aromatic N) is 3. The molecule has 6 nitrogen and oxygen atoms in total. The molecule has 0 saturated carbocycles. The zero-order chi connectivity index (χ0) is 22.5. The van der Waals surface area contributed by atoms with Gasteiger partial charge in [0, 0.05) is 24.7 Å². The minimum Gasteiger partial charge on any atom is -0.352 e. The van der Waals surface area contributed by atoms with Crippen LogP contribution in [0.1, 0.15) is 54.2 Å². The van der Waals surface area contributed by atoms with Gasteiger partial charge in [0.25, 0.3) is 11.5 Å². The lowest BCUT2D eigenvalue weighted by molar-refractivity contribution is 0.0949. The molecule has 0 bridgehead atoms. The second-order valence-electron chi connectivity index (χ2n) is 8.77. The molecule has 32 heavy (non-hydrogen) atoms. The highest BCUT2D eigenvalue weighted by Crippen LogP contribution is 2.17. The van der Waals surface area contributed by atoms with E-state index in [0.717, 1.165) is 30.6 Å². The van der Waals surface area contributed by atoms with E-state index < -0.39 is 0 Å². The first-order chi connectivity index (χ1) is 15.5. The number of hydrogen-bond acceptors (Lipinski definition) is 4. The van der Waals surface area contributed by atoms with Gasteiger partial charge in [0.05, 0.1) is 17.6 Å². The predicted molar refractivity (Wildman–Crippen MR) is 128 cm³/mol. The van der Waals surface area contributed by atoms with Gasteiger partial charge in [-0.1, -0.05) is 36.8 Å². The topological polar surface area (TPSA) is 67.2 Å². The van der Waals surface area contributed by atoms with Gasteiger partial charge in [-0.25, -0.2) is 4.98 Å². The van der Waals surface area contributed by atoms with E-state index in [-0.39, 0.29) is 11.5 Å². The SMILES string of the molecule is Cc1nc2cc(C(=O)NCCCN3CCCC[C@@H]3C)ccc2n(Cc2ccccc2)c1=O. The maximum absolute atomic E-state index is 12.8. The fourth-order valence-electron chi connectivity index (χ4n) is 4.51. The smallest absolute Gasteiger partial charge is 0.272 e. The van der Waals surface area contributed by atoms with E-state index >= 15 is 0 Å². The summed E-state index contributed by atoms with van der Waals surface area (Å²) in [6, 6.07) is 15.9. The van der Waals surface area contributed by atoms with Gasteiger partial charge in [0.2, 0.25) is 0 Å². The first-order valence-electron chi connectivity index (χ1n) is 11.6. The van der Waals surface area contributed by atoms with Crippen molar-refractivity contribution in [3.63, 3.8) is 0 Å². The summed E-state index contributed by atoms with van der Waals surface area (Å²) in [5.41, 5.74) is 3.34. The molecule has 2 heterocycles. The molecular formula is C26H32N4O2. The summed E-state index contributed by atoms with van der Waals surface area (Å²) in [6.45, 7) is 7.32. The molecule has 168 valence electrons. The molecule has 1 aliphatic heterocycles. The molecule has 1 aromatic heterocycles. The minimum atomic E-state index is -0.106. The lowest BCUT2D eigenvalue weighted by Crippen LogP contribution is -2.39. The molecule has 1 saturated heterocycles. The molecule has 1 atom stereocenters. The fraction of sp³-hybridized carbons (Fsp3) is 0.423. The summed E-state index contributed by atoms with van der Waals surface area (Å²) in [6.07, 6.45) is 4.81. The Kier molecular flexibility index (Phi) is 7.00. The van der Waals surface area contributed by atoms with Crippen LogP contribution in [0.15, 0.2) is 53.3 Å². The van der Waals surface area contributed by atoms with Crippen LogP contribution < -0.4 is 10.9 Å². The van der Waals surface area contributed by atoms with Crippen LogP contribution in [0.4, 0.5) is 0 Å². The van der Waals surface area contributed by atoms with Crippen LogP contribution in [0.3, 0.4) is 0 Å². The second kappa shape index (κ2) is 10.1. The second-order valence-corrected chi connectivity index (χ2v) is 8.77. The number of amides is 1. The monoisotopic (exact) mass is 432 g/mol. The first-order valence-corrected chi connectivity index (χ1v) is 11.6. The van der Waals surface area contributed by atoms with Gasteiger partial charge in [-0.3, -0.25) is 9.59 Å². The number of carbonyl (C=O) groups is 1. The van der Waals surface area contributed by atoms with Crippen molar-refractivity contribution in [2.45, 2.75) is 52.1 Å². The molecule has 1 N–H and O–H groups in total. The summed E-state index contributed by atoms with van der Waals surface area (Å²) < 4.78 is 1.73. The third kappa shape index (κ3) is 5.07. The van der Waals surface area contributed by atoms with E-state index in [9.17, 15) is 9.59 Å². The third-order valence-electron chi connectivity index (χ3n) is 6.40. The van der Waals surface area contributed by atoms with Gasteiger partial charge in [-0.2, -0.15) is 0 Å². The largest absolute Gasteiger partial charge is 0.352 e. The zero-order valence-corrected chi connectivity index (χ0v) is 19.0. The van der Waals surface area contributed by atoms with Crippen molar-refractivity contribution in [1.82, 2.24) is 19.8 Å². The Bertz CT molecular complexity index is 1140. The van der Waals surface area contributed by atoms with Gasteiger partial charge in [-0.05, 0) is 63.4 Å². The summed E-state index contributed by atoms with van der Waals surface area (Å²) in [7, 11) is 0. The number of carbonyl (C=O) groups excluding carboxylic acids is 1. The Hall–Kier alpha value is -2.99. The Labute approximate surface area is 189 Å². The molecule has 0 radical (unpaired) electrons. The van der Waals surface area contributed by atoms with Crippen molar-refractivity contribution in [2.75, 3.05) is 19.6 Å². The first kappa shape index (κ1) is 22.2. The van der Waals surface area contributed by atoms with E-state index in [0.29, 0.717) is 35.9 Å². The number of aromatic nitrogens is 2. The highest BCUT2D eigenvalue weighted by atomic mass is 16.1. The minimum absolute atomic E-state index is 0.0983. The number of rotatable bonds is 7. The van der Waals surface area contributed by atoms with Crippen LogP contribution >= 0.6 is 0 Å². The normalized spacial score (nSPS) is 16.9. The fourth-order valence-corrected chi connectivity index (χ4v) is 4.51. The van der Waals surface area contributed by atoms with Crippen LogP contribution in [0.25, 0.3) is 11.0 Å². The Balaban J connectivity index is 1.45. The van der Waals surface area contributed by atoms with Crippen molar-refractivity contribution in [1.29, 1.82) is 0 Å². The summed E-state index contributed by atoms with van der Waals surface area (Å²) in [5.74, 6) is -0.0983. The molecule has 1 amide bonds. The van der Waals surface area contributed by atoms with E-state index in [4.69, 9.17) is 0 Å². The van der Waals surface area contributed by atoms with Crippen molar-refractivity contribution >= 4 is 16.9 Å². The van der Waals surface area contributed by atoms with Crippen molar-refractivity contribution in [2.24, 2.45) is 0 Å². The van der Waals surface area contributed by atoms with E-state index in [1.165, 1.54) is 19.3 Å². The van der Waals surface area contributed by atoms with Crippen LogP contribution in [0, 0.1) is 6.92 Å². The highest BCUT2D eigenvalue weighted by molar-refractivity contribution is 5.97. The van der Waals surface area contributed by atoms with Crippen LogP contribution in [-0.4, -0.2) is 46.0 Å². The molecule has 0 aliphatic carbocycles. The number of likely N-dealkylation sites (tertiary alicyclic amines) is 1. The van der Waals surface area contributed by atoms with Gasteiger partial charge >= 0.3 is 0 Å². The molecule has 2 aromatic carbocycles. The van der Waals surface area contributed by atoms with Crippen LogP contribution in [0.5, 0.6) is 0 Å². The van der Waals surface area contributed by atoms with E-state index in [2.05, 4.69) is 22.1 Å². The third-order valence-corrected chi connectivity index (χ3v) is 6.40. The Morgan fingerprint density at radius 3 is 2.75 bits per heavy atom. The summed E-state index contributed by atoms with van der Waals surface area (Å²) in [4.78, 5) is 32.4. The molecule has 0 unspecified atom stereocenters. The molecule has 4 rings (SSSR count). The van der Waals surface area contributed by atoms with E-state index in [1.807, 2.05) is 36.4 Å². The number of nitrogens with one attached hydrogen (secondary N) is 1.